The summed E-state index contributed by atoms with van der Waals surface area (Å²) in [6.07, 6.45) is 0. The number of nitrogen functional groups attached to an aromatic ring is 1. The molecule has 0 aromatic heterocycles. The average Bonchev–Trinajstić information content (AvgIpc) is 2.30. The molecule has 88 valence electrons. The second-order valence-corrected chi connectivity index (χ2v) is 3.45. The van der Waals surface area contributed by atoms with Crippen LogP contribution in [0, 0.1) is 23.3 Å². The van der Waals surface area contributed by atoms with Crippen molar-refractivity contribution in [1.29, 1.82) is 0 Å². The molecule has 0 aliphatic carbocycles. The Morgan fingerprint density at radius 2 is 1.41 bits per heavy atom. The summed E-state index contributed by atoms with van der Waals surface area (Å²) in [5, 5.41) is 0. The van der Waals surface area contributed by atoms with E-state index in [0.29, 0.717) is 0 Å². The highest BCUT2D eigenvalue weighted by atomic mass is 19.2. The van der Waals surface area contributed by atoms with E-state index in [1.54, 1.807) is 0 Å². The van der Waals surface area contributed by atoms with Crippen molar-refractivity contribution in [3.05, 3.63) is 53.6 Å². The first-order valence-corrected chi connectivity index (χ1v) is 4.69. The Morgan fingerprint density at radius 3 is 2.06 bits per heavy atom. The first-order valence-electron chi connectivity index (χ1n) is 4.69. The zero-order chi connectivity index (χ0) is 12.6. The maximum absolute atomic E-state index is 13.6. The number of rotatable bonds is 1. The van der Waals surface area contributed by atoms with Crippen LogP contribution in [0.4, 0.5) is 23.2 Å². The largest absolute Gasteiger partial charge is 0.394 e. The highest BCUT2D eigenvalue weighted by Gasteiger charge is 2.13. The van der Waals surface area contributed by atoms with Crippen molar-refractivity contribution in [2.24, 2.45) is 0 Å². The van der Waals surface area contributed by atoms with Gasteiger partial charge in [0.25, 0.3) is 0 Å². The Balaban J connectivity index is 2.61. The smallest absolute Gasteiger partial charge is 0.159 e. The van der Waals surface area contributed by atoms with E-state index >= 15 is 0 Å². The van der Waals surface area contributed by atoms with Gasteiger partial charge in [-0.1, -0.05) is 6.07 Å². The zero-order valence-electron chi connectivity index (χ0n) is 8.48. The van der Waals surface area contributed by atoms with Crippen LogP contribution in [0.1, 0.15) is 0 Å². The predicted octanol–water partition coefficient (Wildman–Crippen LogP) is 3.49. The van der Waals surface area contributed by atoms with E-state index in [1.807, 2.05) is 0 Å². The lowest BCUT2D eigenvalue weighted by atomic mass is 10.0. The third-order valence-corrected chi connectivity index (χ3v) is 2.36. The molecule has 2 rings (SSSR count). The Hall–Kier alpha value is -2.04. The van der Waals surface area contributed by atoms with Gasteiger partial charge in [-0.25, -0.2) is 17.6 Å². The average molecular weight is 241 g/mol. The molecule has 0 saturated heterocycles. The van der Waals surface area contributed by atoms with Crippen molar-refractivity contribution in [2.45, 2.75) is 0 Å². The lowest BCUT2D eigenvalue weighted by Gasteiger charge is -2.06. The molecule has 0 fully saturated rings. The minimum Gasteiger partial charge on any atom is -0.394 e. The fourth-order valence-corrected chi connectivity index (χ4v) is 1.46. The van der Waals surface area contributed by atoms with Gasteiger partial charge in [0.15, 0.2) is 17.5 Å². The Morgan fingerprint density at radius 1 is 0.765 bits per heavy atom. The first kappa shape index (κ1) is 11.4. The maximum atomic E-state index is 13.6. The standard InChI is InChI=1S/C12H7F4N/c13-8-3-1-6(5-10(8)15)7-2-4-9(14)12(17)11(7)16/h1-5H,17H2. The second kappa shape index (κ2) is 4.08. The molecule has 0 saturated carbocycles. The molecule has 0 unspecified atom stereocenters. The molecule has 0 aliphatic rings. The maximum Gasteiger partial charge on any atom is 0.159 e. The predicted molar refractivity (Wildman–Crippen MR) is 56.1 cm³/mol. The normalized spacial score (nSPS) is 10.6. The summed E-state index contributed by atoms with van der Waals surface area (Å²) in [5.74, 6) is -4.03. The van der Waals surface area contributed by atoms with Gasteiger partial charge in [0.1, 0.15) is 11.5 Å². The van der Waals surface area contributed by atoms with Crippen LogP contribution in [0.25, 0.3) is 11.1 Å². The van der Waals surface area contributed by atoms with Gasteiger partial charge in [0.2, 0.25) is 0 Å². The highest BCUT2D eigenvalue weighted by Crippen LogP contribution is 2.28. The van der Waals surface area contributed by atoms with Crippen molar-refractivity contribution in [2.75, 3.05) is 5.73 Å². The number of nitrogens with two attached hydrogens (primary N) is 1. The molecule has 0 amide bonds. The van der Waals surface area contributed by atoms with Crippen molar-refractivity contribution >= 4 is 5.69 Å². The van der Waals surface area contributed by atoms with Gasteiger partial charge in [0, 0.05) is 5.56 Å². The minimum atomic E-state index is -1.11. The number of halogens is 4. The van der Waals surface area contributed by atoms with Gasteiger partial charge in [-0.15, -0.1) is 0 Å². The third kappa shape index (κ3) is 1.95. The molecule has 2 aromatic rings. The highest BCUT2D eigenvalue weighted by molar-refractivity contribution is 5.68. The van der Waals surface area contributed by atoms with Crippen LogP contribution in [0.3, 0.4) is 0 Å². The molecular weight excluding hydrogens is 234 g/mol. The topological polar surface area (TPSA) is 26.0 Å². The van der Waals surface area contributed by atoms with E-state index < -0.39 is 29.0 Å². The van der Waals surface area contributed by atoms with Gasteiger partial charge in [-0.2, -0.15) is 0 Å². The van der Waals surface area contributed by atoms with E-state index in [4.69, 9.17) is 5.73 Å². The summed E-state index contributed by atoms with van der Waals surface area (Å²) in [6.45, 7) is 0. The molecule has 0 bridgehead atoms. The summed E-state index contributed by atoms with van der Waals surface area (Å²) < 4.78 is 52.2. The quantitative estimate of drug-likeness (QED) is 0.600. The number of benzene rings is 2. The Bertz CT molecular complexity index is 581. The number of hydrogen-bond acceptors (Lipinski definition) is 1. The lowest BCUT2D eigenvalue weighted by Crippen LogP contribution is -1.98. The molecule has 0 radical (unpaired) electrons. The first-order chi connectivity index (χ1) is 8.00. The fourth-order valence-electron chi connectivity index (χ4n) is 1.46. The van der Waals surface area contributed by atoms with Crippen LogP contribution in [0.5, 0.6) is 0 Å². The van der Waals surface area contributed by atoms with Crippen molar-refractivity contribution < 1.29 is 17.6 Å². The fraction of sp³-hybridized carbons (Fsp3) is 0. The molecule has 0 atom stereocenters. The summed E-state index contributed by atoms with van der Waals surface area (Å²) in [4.78, 5) is 0. The van der Waals surface area contributed by atoms with Gasteiger partial charge < -0.3 is 5.73 Å². The van der Waals surface area contributed by atoms with Crippen molar-refractivity contribution in [3.8, 4) is 11.1 Å². The molecule has 0 spiro atoms. The van der Waals surface area contributed by atoms with Crippen molar-refractivity contribution in [3.63, 3.8) is 0 Å². The number of hydrogen-bond donors (Lipinski definition) is 1. The molecule has 0 aliphatic heterocycles. The van der Waals surface area contributed by atoms with E-state index in [9.17, 15) is 17.6 Å². The van der Waals surface area contributed by atoms with Crippen molar-refractivity contribution in [1.82, 2.24) is 0 Å². The number of anilines is 1. The van der Waals surface area contributed by atoms with E-state index in [-0.39, 0.29) is 11.1 Å². The molecule has 0 heterocycles. The van der Waals surface area contributed by atoms with E-state index in [0.717, 1.165) is 24.3 Å². The Kier molecular flexibility index (Phi) is 2.75. The third-order valence-electron chi connectivity index (χ3n) is 2.36. The molecule has 2 N–H and O–H groups in total. The zero-order valence-corrected chi connectivity index (χ0v) is 8.48. The lowest BCUT2D eigenvalue weighted by molar-refractivity contribution is 0.509. The SMILES string of the molecule is Nc1c(F)ccc(-c2ccc(F)c(F)c2)c1F. The van der Waals surface area contributed by atoms with Gasteiger partial charge >= 0.3 is 0 Å². The summed E-state index contributed by atoms with van der Waals surface area (Å²) >= 11 is 0. The summed E-state index contributed by atoms with van der Waals surface area (Å²) in [7, 11) is 0. The van der Waals surface area contributed by atoms with Crippen LogP contribution < -0.4 is 5.73 Å². The Labute approximate surface area is 94.5 Å². The molecule has 17 heavy (non-hydrogen) atoms. The molecule has 2 aromatic carbocycles. The van der Waals surface area contributed by atoms with Crippen LogP contribution >= 0.6 is 0 Å². The van der Waals surface area contributed by atoms with Gasteiger partial charge in [-0.05, 0) is 29.8 Å². The minimum absolute atomic E-state index is 0.0807. The van der Waals surface area contributed by atoms with Gasteiger partial charge in [-0.3, -0.25) is 0 Å². The van der Waals surface area contributed by atoms with Gasteiger partial charge in [0.05, 0.1) is 0 Å². The van der Waals surface area contributed by atoms with Crippen LogP contribution in [-0.4, -0.2) is 0 Å². The van der Waals surface area contributed by atoms with E-state index in [2.05, 4.69) is 0 Å². The monoisotopic (exact) mass is 241 g/mol. The summed E-state index contributed by atoms with van der Waals surface area (Å²) in [6, 6.07) is 4.96. The van der Waals surface area contributed by atoms with Crippen LogP contribution in [0.15, 0.2) is 30.3 Å². The molecular formula is C12H7F4N. The second-order valence-electron chi connectivity index (χ2n) is 3.45. The molecule has 5 heteroatoms. The van der Waals surface area contributed by atoms with E-state index in [1.165, 1.54) is 6.07 Å². The molecule has 1 nitrogen and oxygen atoms in total. The summed E-state index contributed by atoms with van der Waals surface area (Å²) in [5.41, 5.74) is 4.53. The van der Waals surface area contributed by atoms with Crippen LogP contribution in [0.2, 0.25) is 0 Å². The van der Waals surface area contributed by atoms with Crippen LogP contribution in [-0.2, 0) is 0 Å².